The summed E-state index contributed by atoms with van der Waals surface area (Å²) < 4.78 is 33.3. The molecule has 0 aliphatic rings. The van der Waals surface area contributed by atoms with Gasteiger partial charge >= 0.3 is 5.97 Å². The fourth-order valence-electron chi connectivity index (χ4n) is 0.874. The van der Waals surface area contributed by atoms with Gasteiger partial charge in [0.2, 0.25) is 0 Å². The molecule has 6 heteroatoms. The van der Waals surface area contributed by atoms with Gasteiger partial charge in [-0.3, -0.25) is 0 Å². The Morgan fingerprint density at radius 3 is 2.69 bits per heavy atom. The summed E-state index contributed by atoms with van der Waals surface area (Å²) in [7, 11) is 1.08. The molecular weight excluding hydrogens is 184 g/mol. The molecule has 72 valence electrons. The lowest BCUT2D eigenvalue weighted by molar-refractivity contribution is 0.0540. The van der Waals surface area contributed by atoms with Gasteiger partial charge in [-0.1, -0.05) is 5.16 Å². The van der Waals surface area contributed by atoms with E-state index in [9.17, 15) is 13.6 Å². The third-order valence-electron chi connectivity index (χ3n) is 1.50. The molecule has 0 N–H and O–H groups in total. The standard InChI is InChI=1S/C7H7F2NO3/c1-3-4(6(8)9)5(13-10-3)7(11)12-2/h6H,1-2H3. The van der Waals surface area contributed by atoms with Crippen molar-refractivity contribution >= 4 is 5.97 Å². The van der Waals surface area contributed by atoms with E-state index in [4.69, 9.17) is 0 Å². The van der Waals surface area contributed by atoms with Crippen molar-refractivity contribution in [1.82, 2.24) is 5.16 Å². The highest BCUT2D eigenvalue weighted by Gasteiger charge is 2.27. The van der Waals surface area contributed by atoms with E-state index < -0.39 is 23.7 Å². The van der Waals surface area contributed by atoms with E-state index in [1.165, 1.54) is 6.92 Å². The first-order valence-electron chi connectivity index (χ1n) is 3.40. The zero-order chi connectivity index (χ0) is 10.0. The van der Waals surface area contributed by atoms with Crippen molar-refractivity contribution in [1.29, 1.82) is 0 Å². The molecule has 1 heterocycles. The second kappa shape index (κ2) is 3.51. The molecule has 0 radical (unpaired) electrons. The van der Waals surface area contributed by atoms with Gasteiger partial charge in [-0.2, -0.15) is 0 Å². The first kappa shape index (κ1) is 9.63. The van der Waals surface area contributed by atoms with Gasteiger partial charge in [-0.25, -0.2) is 13.6 Å². The zero-order valence-corrected chi connectivity index (χ0v) is 7.01. The third-order valence-corrected chi connectivity index (χ3v) is 1.50. The lowest BCUT2D eigenvalue weighted by Gasteiger charge is -1.97. The van der Waals surface area contributed by atoms with Crippen LogP contribution in [0.5, 0.6) is 0 Å². The molecule has 0 atom stereocenters. The summed E-state index contributed by atoms with van der Waals surface area (Å²) in [5.74, 6) is -1.48. The number of esters is 1. The van der Waals surface area contributed by atoms with Crippen molar-refractivity contribution < 1.29 is 22.8 Å². The number of carbonyl (C=O) groups excluding carboxylic acids is 1. The van der Waals surface area contributed by atoms with Crippen LogP contribution in [0.25, 0.3) is 0 Å². The lowest BCUT2D eigenvalue weighted by Crippen LogP contribution is -2.03. The number of methoxy groups -OCH3 is 1. The van der Waals surface area contributed by atoms with E-state index in [2.05, 4.69) is 14.4 Å². The number of hydrogen-bond donors (Lipinski definition) is 0. The summed E-state index contributed by atoms with van der Waals surface area (Å²) in [5, 5.41) is 3.25. The van der Waals surface area contributed by atoms with Crippen LogP contribution in [0.4, 0.5) is 8.78 Å². The number of hydrogen-bond acceptors (Lipinski definition) is 4. The van der Waals surface area contributed by atoms with E-state index in [0.29, 0.717) is 0 Å². The Balaban J connectivity index is 3.15. The first-order chi connectivity index (χ1) is 6.07. The Morgan fingerprint density at radius 1 is 1.62 bits per heavy atom. The first-order valence-corrected chi connectivity index (χ1v) is 3.40. The fourth-order valence-corrected chi connectivity index (χ4v) is 0.874. The molecular formula is C7H7F2NO3. The minimum absolute atomic E-state index is 0.00426. The van der Waals surface area contributed by atoms with Crippen LogP contribution in [-0.4, -0.2) is 18.2 Å². The summed E-state index contributed by atoms with van der Waals surface area (Å²) in [6.45, 7) is 1.33. The van der Waals surface area contributed by atoms with Gasteiger partial charge in [0.05, 0.1) is 18.4 Å². The Bertz CT molecular complexity index is 322. The maximum absolute atomic E-state index is 12.3. The number of ether oxygens (including phenoxy) is 1. The van der Waals surface area contributed by atoms with Gasteiger partial charge < -0.3 is 9.26 Å². The van der Waals surface area contributed by atoms with Gasteiger partial charge in [0.15, 0.2) is 0 Å². The fraction of sp³-hybridized carbons (Fsp3) is 0.429. The Hall–Kier alpha value is -1.46. The number of halogens is 2. The molecule has 13 heavy (non-hydrogen) atoms. The summed E-state index contributed by atoms with van der Waals surface area (Å²) >= 11 is 0. The van der Waals surface area contributed by atoms with Crippen LogP contribution in [0.15, 0.2) is 4.52 Å². The van der Waals surface area contributed by atoms with Crippen molar-refractivity contribution in [2.45, 2.75) is 13.3 Å². The molecule has 0 spiro atoms. The quantitative estimate of drug-likeness (QED) is 0.667. The van der Waals surface area contributed by atoms with Crippen LogP contribution in [0, 0.1) is 6.92 Å². The Labute approximate surface area is 72.5 Å². The predicted octanol–water partition coefficient (Wildman–Crippen LogP) is 1.71. The van der Waals surface area contributed by atoms with Crippen LogP contribution < -0.4 is 0 Å². The highest BCUT2D eigenvalue weighted by molar-refractivity contribution is 5.88. The average Bonchev–Trinajstić information content (AvgIpc) is 2.45. The average molecular weight is 191 g/mol. The van der Waals surface area contributed by atoms with Gasteiger partial charge in [-0.15, -0.1) is 0 Å². The summed E-state index contributed by atoms with van der Waals surface area (Å²) in [6.07, 6.45) is -2.79. The minimum Gasteiger partial charge on any atom is -0.463 e. The van der Waals surface area contributed by atoms with E-state index in [1.807, 2.05) is 0 Å². The van der Waals surface area contributed by atoms with Crippen molar-refractivity contribution in [3.8, 4) is 0 Å². The molecule has 0 aliphatic carbocycles. The largest absolute Gasteiger partial charge is 0.463 e. The van der Waals surface area contributed by atoms with Crippen molar-refractivity contribution in [2.24, 2.45) is 0 Å². The normalized spacial score (nSPS) is 10.5. The molecule has 0 amide bonds. The summed E-state index contributed by atoms with van der Waals surface area (Å²) in [5.41, 5.74) is -0.512. The number of aryl methyl sites for hydroxylation is 1. The Kier molecular flexibility index (Phi) is 2.60. The number of rotatable bonds is 2. The molecule has 0 saturated carbocycles. The molecule has 1 aromatic heterocycles. The van der Waals surface area contributed by atoms with Gasteiger partial charge in [0, 0.05) is 0 Å². The van der Waals surface area contributed by atoms with E-state index in [1.54, 1.807) is 0 Å². The molecule has 0 bridgehead atoms. The molecule has 0 fully saturated rings. The number of aromatic nitrogens is 1. The number of carbonyl (C=O) groups is 1. The zero-order valence-electron chi connectivity index (χ0n) is 7.01. The smallest absolute Gasteiger partial charge is 0.377 e. The van der Waals surface area contributed by atoms with Crippen LogP contribution in [0.1, 0.15) is 28.2 Å². The second-order valence-corrected chi connectivity index (χ2v) is 2.30. The lowest BCUT2D eigenvalue weighted by atomic mass is 10.2. The topological polar surface area (TPSA) is 52.3 Å². The molecule has 0 aliphatic heterocycles. The summed E-state index contributed by atoms with van der Waals surface area (Å²) in [4.78, 5) is 10.9. The van der Waals surface area contributed by atoms with Crippen molar-refractivity contribution in [3.63, 3.8) is 0 Å². The molecule has 0 aromatic carbocycles. The minimum atomic E-state index is -2.79. The predicted molar refractivity (Wildman–Crippen MR) is 37.5 cm³/mol. The van der Waals surface area contributed by atoms with Crippen LogP contribution in [0.3, 0.4) is 0 Å². The maximum atomic E-state index is 12.3. The van der Waals surface area contributed by atoms with Crippen molar-refractivity contribution in [3.05, 3.63) is 17.0 Å². The molecule has 0 saturated heterocycles. The Morgan fingerprint density at radius 2 is 2.23 bits per heavy atom. The molecule has 1 rings (SSSR count). The monoisotopic (exact) mass is 191 g/mol. The number of nitrogens with zero attached hydrogens (tertiary/aromatic N) is 1. The third kappa shape index (κ3) is 1.66. The molecule has 1 aromatic rings. The van der Waals surface area contributed by atoms with Gasteiger partial charge in [0.1, 0.15) is 0 Å². The van der Waals surface area contributed by atoms with Crippen LogP contribution in [0.2, 0.25) is 0 Å². The van der Waals surface area contributed by atoms with Crippen LogP contribution in [-0.2, 0) is 4.74 Å². The van der Waals surface area contributed by atoms with Gasteiger partial charge in [-0.05, 0) is 6.92 Å². The highest BCUT2D eigenvalue weighted by Crippen LogP contribution is 2.26. The van der Waals surface area contributed by atoms with Gasteiger partial charge in [0.25, 0.3) is 12.2 Å². The number of alkyl halides is 2. The second-order valence-electron chi connectivity index (χ2n) is 2.30. The summed E-state index contributed by atoms with van der Waals surface area (Å²) in [6, 6.07) is 0. The molecule has 4 nitrogen and oxygen atoms in total. The molecule has 0 unspecified atom stereocenters. The SMILES string of the molecule is COC(=O)c1onc(C)c1C(F)F. The maximum Gasteiger partial charge on any atom is 0.377 e. The van der Waals surface area contributed by atoms with Crippen LogP contribution >= 0.6 is 0 Å². The van der Waals surface area contributed by atoms with E-state index in [0.717, 1.165) is 7.11 Å². The van der Waals surface area contributed by atoms with Crippen molar-refractivity contribution in [2.75, 3.05) is 7.11 Å². The highest BCUT2D eigenvalue weighted by atomic mass is 19.3. The van der Waals surface area contributed by atoms with E-state index in [-0.39, 0.29) is 5.69 Å². The van der Waals surface area contributed by atoms with E-state index >= 15 is 0 Å².